The summed E-state index contributed by atoms with van der Waals surface area (Å²) in [6.07, 6.45) is 7.29. The molecule has 3 rings (SSSR count). The van der Waals surface area contributed by atoms with Gasteiger partial charge in [-0.1, -0.05) is 24.3 Å². The van der Waals surface area contributed by atoms with E-state index in [-0.39, 0.29) is 24.0 Å². The first-order chi connectivity index (χ1) is 13.8. The van der Waals surface area contributed by atoms with Gasteiger partial charge in [-0.25, -0.2) is 0 Å². The van der Waals surface area contributed by atoms with Crippen LogP contribution < -0.4 is 10.6 Å². The van der Waals surface area contributed by atoms with E-state index in [0.29, 0.717) is 19.3 Å². The zero-order chi connectivity index (χ0) is 19.4. The summed E-state index contributed by atoms with van der Waals surface area (Å²) < 4.78 is 13.2. The topological polar surface area (TPSA) is 72.7 Å². The summed E-state index contributed by atoms with van der Waals surface area (Å²) >= 11 is 0. The predicted molar refractivity (Wildman–Crippen MR) is 126 cm³/mol. The van der Waals surface area contributed by atoms with Gasteiger partial charge in [0.1, 0.15) is 0 Å². The summed E-state index contributed by atoms with van der Waals surface area (Å²) in [6.45, 7) is 4.62. The maximum absolute atomic E-state index is 5.69. The van der Waals surface area contributed by atoms with Gasteiger partial charge in [-0.15, -0.1) is 24.0 Å². The average Bonchev–Trinajstić information content (AvgIpc) is 3.42. The lowest BCUT2D eigenvalue weighted by atomic mass is 10.1. The van der Waals surface area contributed by atoms with E-state index >= 15 is 0 Å². The fourth-order valence-electron chi connectivity index (χ4n) is 3.22. The maximum atomic E-state index is 5.69. The fourth-order valence-corrected chi connectivity index (χ4v) is 3.22. The lowest BCUT2D eigenvalue weighted by Gasteiger charge is -2.15. The highest BCUT2D eigenvalue weighted by Crippen LogP contribution is 2.12. The van der Waals surface area contributed by atoms with Crippen molar-refractivity contribution in [2.24, 2.45) is 4.99 Å². The number of nitrogens with zero attached hydrogens (tertiary/aromatic N) is 3. The van der Waals surface area contributed by atoms with Gasteiger partial charge in [-0.2, -0.15) is 5.10 Å². The molecule has 0 aliphatic carbocycles. The van der Waals surface area contributed by atoms with Crippen LogP contribution in [0, 0.1) is 0 Å². The fraction of sp³-hybridized carbons (Fsp3) is 0.524. The highest BCUT2D eigenvalue weighted by Gasteiger charge is 2.14. The average molecular weight is 513 g/mol. The lowest BCUT2D eigenvalue weighted by molar-refractivity contribution is 0.0168. The maximum Gasteiger partial charge on any atom is 0.191 e. The van der Waals surface area contributed by atoms with Gasteiger partial charge in [0, 0.05) is 45.7 Å². The number of benzene rings is 1. The monoisotopic (exact) mass is 513 g/mol. The molecular weight excluding hydrogens is 481 g/mol. The van der Waals surface area contributed by atoms with Gasteiger partial charge in [0.2, 0.25) is 0 Å². The molecule has 29 heavy (non-hydrogen) atoms. The molecule has 1 atom stereocenters. The van der Waals surface area contributed by atoms with Gasteiger partial charge < -0.3 is 20.1 Å². The molecule has 1 aromatic heterocycles. The molecule has 2 N–H and O–H groups in total. The smallest absolute Gasteiger partial charge is 0.191 e. The standard InChI is InChI=1S/C21H31N5O2.HI/c1-22-21(23-10-6-13-27-17-20-9-4-14-28-20)24-15-18-7-2-3-8-19(18)16-26-12-5-11-25-26;/h2-3,5,7-8,11-12,20H,4,6,9-10,13-17H2,1H3,(H2,22,23,24);1H. The number of guanidine groups is 1. The third kappa shape index (κ3) is 8.31. The van der Waals surface area contributed by atoms with Crippen LogP contribution in [0.2, 0.25) is 0 Å². The molecule has 1 aliphatic rings. The Hall–Kier alpha value is -1.65. The second kappa shape index (κ2) is 13.6. The quantitative estimate of drug-likeness (QED) is 0.221. The van der Waals surface area contributed by atoms with Crippen LogP contribution in [0.5, 0.6) is 0 Å². The van der Waals surface area contributed by atoms with Crippen molar-refractivity contribution in [3.05, 3.63) is 53.9 Å². The second-order valence-electron chi connectivity index (χ2n) is 6.89. The minimum atomic E-state index is 0. The van der Waals surface area contributed by atoms with E-state index in [1.807, 2.05) is 16.9 Å². The van der Waals surface area contributed by atoms with Crippen LogP contribution in [-0.4, -0.2) is 55.3 Å². The number of halogens is 1. The number of aromatic nitrogens is 2. The van der Waals surface area contributed by atoms with E-state index in [0.717, 1.165) is 51.5 Å². The molecule has 2 aromatic rings. The molecule has 0 amide bonds. The number of ether oxygens (including phenoxy) is 2. The van der Waals surface area contributed by atoms with Crippen LogP contribution in [0.4, 0.5) is 0 Å². The van der Waals surface area contributed by atoms with Gasteiger partial charge in [0.25, 0.3) is 0 Å². The van der Waals surface area contributed by atoms with E-state index in [2.05, 4.69) is 45.0 Å². The van der Waals surface area contributed by atoms with Gasteiger partial charge in [0.15, 0.2) is 5.96 Å². The summed E-state index contributed by atoms with van der Waals surface area (Å²) in [5.41, 5.74) is 2.48. The molecule has 160 valence electrons. The second-order valence-corrected chi connectivity index (χ2v) is 6.89. The number of aliphatic imine (C=N–C) groups is 1. The Kier molecular flexibility index (Phi) is 11.0. The SMILES string of the molecule is CN=C(NCCCOCC1CCCO1)NCc1ccccc1Cn1cccn1.I. The molecule has 2 heterocycles. The van der Waals surface area contributed by atoms with Crippen molar-refractivity contribution in [1.82, 2.24) is 20.4 Å². The zero-order valence-corrected chi connectivity index (χ0v) is 19.4. The summed E-state index contributed by atoms with van der Waals surface area (Å²) in [7, 11) is 1.79. The Morgan fingerprint density at radius 3 is 2.86 bits per heavy atom. The van der Waals surface area contributed by atoms with Crippen LogP contribution in [0.3, 0.4) is 0 Å². The van der Waals surface area contributed by atoms with Crippen LogP contribution >= 0.6 is 24.0 Å². The molecule has 1 unspecified atom stereocenters. The Morgan fingerprint density at radius 2 is 2.14 bits per heavy atom. The number of hydrogen-bond donors (Lipinski definition) is 2. The molecule has 0 spiro atoms. The van der Waals surface area contributed by atoms with Crippen LogP contribution in [0.15, 0.2) is 47.7 Å². The third-order valence-corrected chi connectivity index (χ3v) is 4.77. The van der Waals surface area contributed by atoms with Crippen LogP contribution in [0.25, 0.3) is 0 Å². The number of hydrogen-bond acceptors (Lipinski definition) is 4. The molecule has 0 bridgehead atoms. The van der Waals surface area contributed by atoms with E-state index in [4.69, 9.17) is 9.47 Å². The van der Waals surface area contributed by atoms with Gasteiger partial charge >= 0.3 is 0 Å². The van der Waals surface area contributed by atoms with Gasteiger partial charge in [0.05, 0.1) is 19.3 Å². The van der Waals surface area contributed by atoms with E-state index in [1.165, 1.54) is 11.1 Å². The molecule has 1 saturated heterocycles. The normalized spacial score (nSPS) is 16.4. The Morgan fingerprint density at radius 1 is 1.28 bits per heavy atom. The van der Waals surface area contributed by atoms with Crippen LogP contribution in [0.1, 0.15) is 30.4 Å². The van der Waals surface area contributed by atoms with Crippen molar-refractivity contribution in [1.29, 1.82) is 0 Å². The molecule has 0 saturated carbocycles. The molecule has 1 fully saturated rings. The van der Waals surface area contributed by atoms with E-state index in [9.17, 15) is 0 Å². The highest BCUT2D eigenvalue weighted by atomic mass is 127. The molecule has 1 aromatic carbocycles. The molecule has 0 radical (unpaired) electrons. The van der Waals surface area contributed by atoms with Gasteiger partial charge in [-0.3, -0.25) is 9.67 Å². The van der Waals surface area contributed by atoms with Crippen LogP contribution in [-0.2, 0) is 22.6 Å². The Balaban J connectivity index is 0.00000300. The first-order valence-corrected chi connectivity index (χ1v) is 10.0. The largest absolute Gasteiger partial charge is 0.379 e. The molecule has 7 nitrogen and oxygen atoms in total. The predicted octanol–water partition coefficient (Wildman–Crippen LogP) is 2.80. The summed E-state index contributed by atoms with van der Waals surface area (Å²) in [5.74, 6) is 0.799. The van der Waals surface area contributed by atoms with Crippen molar-refractivity contribution >= 4 is 29.9 Å². The molecular formula is C21H32IN5O2. The summed E-state index contributed by atoms with van der Waals surface area (Å²) in [6, 6.07) is 10.3. The first-order valence-electron chi connectivity index (χ1n) is 10.0. The van der Waals surface area contributed by atoms with Crippen molar-refractivity contribution in [2.75, 3.05) is 33.4 Å². The number of nitrogens with one attached hydrogen (secondary N) is 2. The summed E-state index contributed by atoms with van der Waals surface area (Å²) in [4.78, 5) is 4.31. The minimum Gasteiger partial charge on any atom is -0.379 e. The van der Waals surface area contributed by atoms with E-state index in [1.54, 1.807) is 13.2 Å². The van der Waals surface area contributed by atoms with Crippen molar-refractivity contribution < 1.29 is 9.47 Å². The van der Waals surface area contributed by atoms with Crippen molar-refractivity contribution in [3.8, 4) is 0 Å². The highest BCUT2D eigenvalue weighted by molar-refractivity contribution is 14.0. The van der Waals surface area contributed by atoms with E-state index < -0.39 is 0 Å². The Bertz CT molecular complexity index is 718. The minimum absolute atomic E-state index is 0. The van der Waals surface area contributed by atoms with Gasteiger partial charge in [-0.05, 0) is 36.5 Å². The molecule has 1 aliphatic heterocycles. The third-order valence-electron chi connectivity index (χ3n) is 4.77. The van der Waals surface area contributed by atoms with Crippen molar-refractivity contribution in [2.45, 2.75) is 38.5 Å². The zero-order valence-electron chi connectivity index (χ0n) is 17.0. The first kappa shape index (κ1) is 23.6. The molecule has 8 heteroatoms. The number of rotatable bonds is 10. The summed E-state index contributed by atoms with van der Waals surface area (Å²) in [5, 5.41) is 11.0. The van der Waals surface area contributed by atoms with Crippen molar-refractivity contribution in [3.63, 3.8) is 0 Å². The Labute approximate surface area is 190 Å². The lowest BCUT2D eigenvalue weighted by Crippen LogP contribution is -2.37.